The molecule has 3 rings (SSSR count). The summed E-state index contributed by atoms with van der Waals surface area (Å²) in [6, 6.07) is 14.4. The zero-order valence-corrected chi connectivity index (χ0v) is 14.8. The van der Waals surface area contributed by atoms with Gasteiger partial charge < -0.3 is 9.74 Å². The topological polar surface area (TPSA) is 59.0 Å². The van der Waals surface area contributed by atoms with Crippen LogP contribution >= 0.6 is 23.2 Å². The summed E-state index contributed by atoms with van der Waals surface area (Å²) < 4.78 is 0. The fourth-order valence-corrected chi connectivity index (χ4v) is 2.61. The largest absolute Gasteiger partial charge is 0.352 e. The van der Waals surface area contributed by atoms with E-state index in [9.17, 15) is 9.59 Å². The van der Waals surface area contributed by atoms with Gasteiger partial charge in [-0.3, -0.25) is 4.79 Å². The first-order valence-corrected chi connectivity index (χ1v) is 8.37. The standard InChI is InChI=1S/C18H14Cl2N2O3/c1-11(19)18(24)25-21-16-14-4-2-3-5-15(14)22(17(16)23)10-12-6-8-13(20)9-7-12/h2-9,11H,10H2,1H3/b21-16-. The molecule has 25 heavy (non-hydrogen) atoms. The van der Waals surface area contributed by atoms with Crippen LogP contribution < -0.4 is 4.90 Å². The number of oxime groups is 1. The first-order chi connectivity index (χ1) is 12.0. The summed E-state index contributed by atoms with van der Waals surface area (Å²) in [4.78, 5) is 30.6. The molecule has 7 heteroatoms. The highest BCUT2D eigenvalue weighted by molar-refractivity contribution is 6.54. The molecular formula is C18H14Cl2N2O3. The maximum Gasteiger partial charge on any atom is 0.352 e. The third kappa shape index (κ3) is 3.67. The molecule has 1 amide bonds. The number of para-hydroxylation sites is 1. The summed E-state index contributed by atoms with van der Waals surface area (Å²) in [6.45, 7) is 1.83. The predicted octanol–water partition coefficient (Wildman–Crippen LogP) is 3.76. The van der Waals surface area contributed by atoms with E-state index in [1.807, 2.05) is 24.3 Å². The second kappa shape index (κ2) is 7.25. The molecule has 1 aliphatic heterocycles. The van der Waals surface area contributed by atoms with Crippen LogP contribution in [0.1, 0.15) is 18.1 Å². The number of nitrogens with zero attached hydrogens (tertiary/aromatic N) is 2. The molecule has 2 aromatic carbocycles. The molecule has 1 atom stereocenters. The molecule has 128 valence electrons. The summed E-state index contributed by atoms with van der Waals surface area (Å²) in [5.74, 6) is -1.05. The van der Waals surface area contributed by atoms with Crippen molar-refractivity contribution in [2.24, 2.45) is 5.16 Å². The third-order valence-electron chi connectivity index (χ3n) is 3.70. The second-order valence-corrected chi connectivity index (χ2v) is 6.59. The molecule has 0 radical (unpaired) electrons. The van der Waals surface area contributed by atoms with E-state index in [1.165, 1.54) is 6.92 Å². The van der Waals surface area contributed by atoms with E-state index in [2.05, 4.69) is 5.16 Å². The number of hydrogen-bond donors (Lipinski definition) is 0. The molecular weight excluding hydrogens is 363 g/mol. The van der Waals surface area contributed by atoms with Crippen molar-refractivity contribution < 1.29 is 14.4 Å². The molecule has 2 aromatic rings. The van der Waals surface area contributed by atoms with Gasteiger partial charge in [0.1, 0.15) is 5.38 Å². The molecule has 0 bridgehead atoms. The Kier molecular flexibility index (Phi) is 5.06. The van der Waals surface area contributed by atoms with Crippen molar-refractivity contribution in [2.45, 2.75) is 18.8 Å². The number of rotatable bonds is 4. The first kappa shape index (κ1) is 17.5. The van der Waals surface area contributed by atoms with Crippen LogP contribution in [0.4, 0.5) is 5.69 Å². The van der Waals surface area contributed by atoms with Crippen molar-refractivity contribution in [1.29, 1.82) is 0 Å². The van der Waals surface area contributed by atoms with E-state index in [0.717, 1.165) is 5.56 Å². The van der Waals surface area contributed by atoms with Crippen molar-refractivity contribution >= 4 is 46.5 Å². The minimum atomic E-state index is -0.846. The lowest BCUT2D eigenvalue weighted by Crippen LogP contribution is -2.30. The second-order valence-electron chi connectivity index (χ2n) is 5.50. The van der Waals surface area contributed by atoms with Gasteiger partial charge in [0, 0.05) is 10.6 Å². The number of carbonyl (C=O) groups excluding carboxylic acids is 2. The fourth-order valence-electron chi connectivity index (χ4n) is 2.44. The number of carbonyl (C=O) groups is 2. The van der Waals surface area contributed by atoms with Gasteiger partial charge in [-0.1, -0.05) is 47.1 Å². The average molecular weight is 377 g/mol. The van der Waals surface area contributed by atoms with Crippen LogP contribution in [0.5, 0.6) is 0 Å². The fraction of sp³-hybridized carbons (Fsp3) is 0.167. The Balaban J connectivity index is 1.91. The van der Waals surface area contributed by atoms with Gasteiger partial charge in [0.2, 0.25) is 0 Å². The van der Waals surface area contributed by atoms with Gasteiger partial charge in [0.05, 0.1) is 12.2 Å². The van der Waals surface area contributed by atoms with E-state index in [1.54, 1.807) is 29.2 Å². The Hall–Kier alpha value is -2.37. The maximum absolute atomic E-state index is 12.8. The van der Waals surface area contributed by atoms with Gasteiger partial charge in [-0.2, -0.15) is 0 Å². The number of anilines is 1. The molecule has 1 unspecified atom stereocenters. The smallest absolute Gasteiger partial charge is 0.316 e. The first-order valence-electron chi connectivity index (χ1n) is 7.56. The maximum atomic E-state index is 12.8. The quantitative estimate of drug-likeness (QED) is 0.463. The predicted molar refractivity (Wildman–Crippen MR) is 97.0 cm³/mol. The molecule has 0 N–H and O–H groups in total. The molecule has 0 aromatic heterocycles. The molecule has 0 spiro atoms. The summed E-state index contributed by atoms with van der Waals surface area (Å²) in [7, 11) is 0. The van der Waals surface area contributed by atoms with Crippen LogP contribution in [-0.2, 0) is 21.0 Å². The SMILES string of the molecule is CC(Cl)C(=O)O/N=C1\C(=O)N(Cc2ccc(Cl)cc2)c2ccccc21. The van der Waals surface area contributed by atoms with Gasteiger partial charge in [0.15, 0.2) is 5.71 Å². The highest BCUT2D eigenvalue weighted by Gasteiger charge is 2.34. The molecule has 0 aliphatic carbocycles. The number of halogens is 2. The van der Waals surface area contributed by atoms with Crippen LogP contribution in [0.25, 0.3) is 0 Å². The Morgan fingerprint density at radius 1 is 1.20 bits per heavy atom. The number of hydrogen-bond acceptors (Lipinski definition) is 4. The van der Waals surface area contributed by atoms with Crippen LogP contribution in [0.2, 0.25) is 5.02 Å². The molecule has 5 nitrogen and oxygen atoms in total. The Labute approximate surface area is 154 Å². The number of alkyl halides is 1. The van der Waals surface area contributed by atoms with Gasteiger partial charge in [-0.05, 0) is 30.7 Å². The molecule has 0 fully saturated rings. The van der Waals surface area contributed by atoms with E-state index in [0.29, 0.717) is 22.8 Å². The van der Waals surface area contributed by atoms with Crippen molar-refractivity contribution in [3.05, 3.63) is 64.7 Å². The van der Waals surface area contributed by atoms with Crippen LogP contribution in [-0.4, -0.2) is 23.0 Å². The van der Waals surface area contributed by atoms with Crippen LogP contribution in [0, 0.1) is 0 Å². The Morgan fingerprint density at radius 2 is 1.88 bits per heavy atom. The normalized spacial score (nSPS) is 16.0. The number of amides is 1. The summed E-state index contributed by atoms with van der Waals surface area (Å²) in [5.41, 5.74) is 2.31. The lowest BCUT2D eigenvalue weighted by atomic mass is 10.1. The molecule has 1 heterocycles. The van der Waals surface area contributed by atoms with E-state index >= 15 is 0 Å². The lowest BCUT2D eigenvalue weighted by molar-refractivity contribution is -0.142. The zero-order valence-electron chi connectivity index (χ0n) is 13.3. The minimum absolute atomic E-state index is 0.0789. The van der Waals surface area contributed by atoms with Gasteiger partial charge >= 0.3 is 5.97 Å². The number of benzene rings is 2. The lowest BCUT2D eigenvalue weighted by Gasteiger charge is -2.16. The third-order valence-corrected chi connectivity index (χ3v) is 4.13. The highest BCUT2D eigenvalue weighted by atomic mass is 35.5. The Morgan fingerprint density at radius 3 is 2.56 bits per heavy atom. The molecule has 0 saturated heterocycles. The summed E-state index contributed by atoms with van der Waals surface area (Å²) >= 11 is 11.5. The van der Waals surface area contributed by atoms with Crippen LogP contribution in [0.15, 0.2) is 53.7 Å². The van der Waals surface area contributed by atoms with E-state index in [4.69, 9.17) is 28.0 Å². The van der Waals surface area contributed by atoms with Crippen molar-refractivity contribution in [2.75, 3.05) is 4.90 Å². The summed E-state index contributed by atoms with van der Waals surface area (Å²) in [5, 5.41) is 3.52. The van der Waals surface area contributed by atoms with Crippen molar-refractivity contribution in [3.8, 4) is 0 Å². The highest BCUT2D eigenvalue weighted by Crippen LogP contribution is 2.31. The zero-order chi connectivity index (χ0) is 18.0. The van der Waals surface area contributed by atoms with E-state index < -0.39 is 11.3 Å². The summed E-state index contributed by atoms with van der Waals surface area (Å²) in [6.07, 6.45) is 0. The Bertz CT molecular complexity index is 848. The van der Waals surface area contributed by atoms with Crippen molar-refractivity contribution in [3.63, 3.8) is 0 Å². The van der Waals surface area contributed by atoms with Gasteiger partial charge in [-0.15, -0.1) is 11.6 Å². The monoisotopic (exact) mass is 376 g/mol. The van der Waals surface area contributed by atoms with Crippen LogP contribution in [0.3, 0.4) is 0 Å². The molecule has 1 aliphatic rings. The van der Waals surface area contributed by atoms with Gasteiger partial charge in [0.25, 0.3) is 5.91 Å². The number of fused-ring (bicyclic) bond motifs is 1. The minimum Gasteiger partial charge on any atom is -0.316 e. The van der Waals surface area contributed by atoms with E-state index in [-0.39, 0.29) is 11.6 Å². The van der Waals surface area contributed by atoms with Gasteiger partial charge in [-0.25, -0.2) is 4.79 Å². The average Bonchev–Trinajstić information content (AvgIpc) is 2.86. The van der Waals surface area contributed by atoms with Crippen molar-refractivity contribution in [1.82, 2.24) is 0 Å². The molecule has 0 saturated carbocycles.